The highest BCUT2D eigenvalue weighted by molar-refractivity contribution is 5.94. The number of nitrogens with one attached hydrogen (secondary N) is 1. The summed E-state index contributed by atoms with van der Waals surface area (Å²) in [7, 11) is 0. The van der Waals surface area contributed by atoms with E-state index in [9.17, 15) is 9.18 Å². The van der Waals surface area contributed by atoms with Crippen LogP contribution in [0, 0.1) is 5.82 Å². The molecule has 0 saturated heterocycles. The van der Waals surface area contributed by atoms with Gasteiger partial charge in [0.15, 0.2) is 0 Å². The molecule has 0 saturated carbocycles. The molecule has 7 heteroatoms. The van der Waals surface area contributed by atoms with Crippen LogP contribution in [0.25, 0.3) is 0 Å². The number of amides is 1. The van der Waals surface area contributed by atoms with Crippen molar-refractivity contribution in [2.75, 3.05) is 5.73 Å². The van der Waals surface area contributed by atoms with E-state index >= 15 is 0 Å². The SMILES string of the molecule is Cl.Cl.Nc1ccc2c(c1)CCCC2NC(=O)c1cncc(F)c1. The number of pyridine rings is 1. The Labute approximate surface area is 146 Å². The van der Waals surface area contributed by atoms with Crippen molar-refractivity contribution >= 4 is 36.4 Å². The lowest BCUT2D eigenvalue weighted by atomic mass is 9.87. The Bertz CT molecular complexity index is 697. The van der Waals surface area contributed by atoms with Gasteiger partial charge in [-0.2, -0.15) is 0 Å². The summed E-state index contributed by atoms with van der Waals surface area (Å²) in [5.74, 6) is -0.823. The summed E-state index contributed by atoms with van der Waals surface area (Å²) in [6, 6.07) is 6.88. The predicted molar refractivity (Wildman–Crippen MR) is 92.7 cm³/mol. The van der Waals surface area contributed by atoms with Gasteiger partial charge in [0.25, 0.3) is 5.91 Å². The van der Waals surface area contributed by atoms with Crippen LogP contribution in [0.1, 0.15) is 40.4 Å². The Hall–Kier alpha value is -1.85. The molecule has 1 atom stereocenters. The van der Waals surface area contributed by atoms with Gasteiger partial charge in [-0.15, -0.1) is 24.8 Å². The summed E-state index contributed by atoms with van der Waals surface area (Å²) in [5.41, 5.74) is 9.03. The van der Waals surface area contributed by atoms with Gasteiger partial charge in [0.2, 0.25) is 0 Å². The number of anilines is 1. The number of nitrogens with zero attached hydrogens (tertiary/aromatic N) is 1. The fraction of sp³-hybridized carbons (Fsp3) is 0.250. The minimum Gasteiger partial charge on any atom is -0.399 e. The lowest BCUT2D eigenvalue weighted by molar-refractivity contribution is 0.0932. The van der Waals surface area contributed by atoms with E-state index in [4.69, 9.17) is 5.73 Å². The maximum Gasteiger partial charge on any atom is 0.253 e. The normalized spacial score (nSPS) is 15.6. The highest BCUT2D eigenvalue weighted by Gasteiger charge is 2.22. The van der Waals surface area contributed by atoms with Crippen molar-refractivity contribution in [3.05, 3.63) is 59.2 Å². The van der Waals surface area contributed by atoms with Crippen LogP contribution in [-0.2, 0) is 6.42 Å². The molecule has 1 aromatic heterocycles. The summed E-state index contributed by atoms with van der Waals surface area (Å²) in [4.78, 5) is 15.9. The maximum absolute atomic E-state index is 13.1. The summed E-state index contributed by atoms with van der Waals surface area (Å²) in [6.45, 7) is 0. The molecule has 1 unspecified atom stereocenters. The number of aromatic nitrogens is 1. The summed E-state index contributed by atoms with van der Waals surface area (Å²) < 4.78 is 13.1. The van der Waals surface area contributed by atoms with Gasteiger partial charge in [0.1, 0.15) is 5.82 Å². The average molecular weight is 358 g/mol. The van der Waals surface area contributed by atoms with E-state index in [1.54, 1.807) is 0 Å². The van der Waals surface area contributed by atoms with Crippen molar-refractivity contribution in [2.45, 2.75) is 25.3 Å². The van der Waals surface area contributed by atoms with Gasteiger partial charge in [0, 0.05) is 11.9 Å². The zero-order valence-corrected chi connectivity index (χ0v) is 13.9. The molecule has 1 heterocycles. The minimum absolute atomic E-state index is 0. The Kier molecular flexibility index (Phi) is 6.79. The highest BCUT2D eigenvalue weighted by atomic mass is 35.5. The molecule has 0 aliphatic heterocycles. The Balaban J connectivity index is 0.00000132. The zero-order chi connectivity index (χ0) is 14.8. The molecule has 4 nitrogen and oxygen atoms in total. The lowest BCUT2D eigenvalue weighted by Gasteiger charge is -2.26. The van der Waals surface area contributed by atoms with Gasteiger partial charge in [-0.05, 0) is 48.6 Å². The molecule has 1 aliphatic rings. The van der Waals surface area contributed by atoms with Crippen LogP contribution in [0.2, 0.25) is 0 Å². The van der Waals surface area contributed by atoms with E-state index in [1.165, 1.54) is 17.8 Å². The molecular formula is C16H18Cl2FN3O. The first-order valence-corrected chi connectivity index (χ1v) is 6.93. The monoisotopic (exact) mass is 357 g/mol. The van der Waals surface area contributed by atoms with Crippen molar-refractivity contribution in [3.63, 3.8) is 0 Å². The van der Waals surface area contributed by atoms with Crippen molar-refractivity contribution < 1.29 is 9.18 Å². The largest absolute Gasteiger partial charge is 0.399 e. The first kappa shape index (κ1) is 19.2. The van der Waals surface area contributed by atoms with Gasteiger partial charge >= 0.3 is 0 Å². The predicted octanol–water partition coefficient (Wildman–Crippen LogP) is 3.45. The third-order valence-corrected chi connectivity index (χ3v) is 3.75. The minimum atomic E-state index is -0.514. The summed E-state index contributed by atoms with van der Waals surface area (Å²) >= 11 is 0. The molecule has 2 aromatic rings. The second kappa shape index (κ2) is 8.13. The zero-order valence-electron chi connectivity index (χ0n) is 12.3. The molecule has 1 amide bonds. The number of carbonyl (C=O) groups excluding carboxylic acids is 1. The number of rotatable bonds is 2. The molecular weight excluding hydrogens is 340 g/mol. The molecule has 23 heavy (non-hydrogen) atoms. The van der Waals surface area contributed by atoms with Crippen molar-refractivity contribution in [1.29, 1.82) is 0 Å². The molecule has 0 spiro atoms. The first-order valence-electron chi connectivity index (χ1n) is 6.93. The van der Waals surface area contributed by atoms with Crippen LogP contribution < -0.4 is 11.1 Å². The van der Waals surface area contributed by atoms with Crippen molar-refractivity contribution in [2.24, 2.45) is 0 Å². The van der Waals surface area contributed by atoms with Crippen molar-refractivity contribution in [1.82, 2.24) is 10.3 Å². The quantitative estimate of drug-likeness (QED) is 0.808. The number of hydrogen-bond acceptors (Lipinski definition) is 3. The molecule has 1 aliphatic carbocycles. The van der Waals surface area contributed by atoms with Gasteiger partial charge in [-0.3, -0.25) is 9.78 Å². The number of nitrogen functional groups attached to an aromatic ring is 1. The molecule has 0 bridgehead atoms. The Morgan fingerprint density at radius 2 is 2.04 bits per heavy atom. The van der Waals surface area contributed by atoms with Gasteiger partial charge in [0.05, 0.1) is 17.8 Å². The lowest BCUT2D eigenvalue weighted by Crippen LogP contribution is -2.31. The third-order valence-electron chi connectivity index (χ3n) is 3.75. The molecule has 3 rings (SSSR count). The van der Waals surface area contributed by atoms with E-state index in [0.29, 0.717) is 0 Å². The molecule has 0 radical (unpaired) electrons. The second-order valence-electron chi connectivity index (χ2n) is 5.27. The van der Waals surface area contributed by atoms with Crippen LogP contribution in [-0.4, -0.2) is 10.9 Å². The van der Waals surface area contributed by atoms with E-state index in [0.717, 1.165) is 36.7 Å². The van der Waals surface area contributed by atoms with E-state index in [2.05, 4.69) is 10.3 Å². The smallest absolute Gasteiger partial charge is 0.253 e. The number of hydrogen-bond donors (Lipinski definition) is 2. The molecule has 0 fully saturated rings. The van der Waals surface area contributed by atoms with Crippen LogP contribution in [0.15, 0.2) is 36.7 Å². The average Bonchev–Trinajstić information content (AvgIpc) is 2.47. The molecule has 3 N–H and O–H groups in total. The van der Waals surface area contributed by atoms with Crippen LogP contribution in [0.4, 0.5) is 10.1 Å². The van der Waals surface area contributed by atoms with Gasteiger partial charge < -0.3 is 11.1 Å². The van der Waals surface area contributed by atoms with E-state index in [-0.39, 0.29) is 42.3 Å². The highest BCUT2D eigenvalue weighted by Crippen LogP contribution is 2.31. The standard InChI is InChI=1S/C16H16FN3O.2ClH/c17-12-6-11(8-19-9-12)16(21)20-15-3-1-2-10-7-13(18)4-5-14(10)15;;/h4-9,15H,1-3,18H2,(H,20,21);2*1H. The van der Waals surface area contributed by atoms with Crippen LogP contribution >= 0.6 is 24.8 Å². The Morgan fingerprint density at radius 3 is 2.78 bits per heavy atom. The summed E-state index contributed by atoms with van der Waals surface area (Å²) in [5, 5.41) is 2.95. The fourth-order valence-corrected chi connectivity index (χ4v) is 2.76. The number of aryl methyl sites for hydroxylation is 1. The summed E-state index contributed by atoms with van der Waals surface area (Å²) in [6.07, 6.45) is 5.27. The number of fused-ring (bicyclic) bond motifs is 1. The van der Waals surface area contributed by atoms with Crippen LogP contribution in [0.5, 0.6) is 0 Å². The number of benzene rings is 1. The van der Waals surface area contributed by atoms with E-state index < -0.39 is 5.82 Å². The molecule has 1 aromatic carbocycles. The maximum atomic E-state index is 13.1. The van der Waals surface area contributed by atoms with Crippen molar-refractivity contribution in [3.8, 4) is 0 Å². The van der Waals surface area contributed by atoms with Crippen LogP contribution in [0.3, 0.4) is 0 Å². The third kappa shape index (κ3) is 4.33. The second-order valence-corrected chi connectivity index (χ2v) is 5.27. The number of nitrogens with two attached hydrogens (primary N) is 1. The fourth-order valence-electron chi connectivity index (χ4n) is 2.76. The number of halogens is 3. The Morgan fingerprint density at radius 1 is 1.26 bits per heavy atom. The topological polar surface area (TPSA) is 68.0 Å². The first-order chi connectivity index (χ1) is 10.1. The number of carbonyl (C=O) groups is 1. The van der Waals surface area contributed by atoms with E-state index in [1.807, 2.05) is 18.2 Å². The van der Waals surface area contributed by atoms with Gasteiger partial charge in [-0.1, -0.05) is 6.07 Å². The van der Waals surface area contributed by atoms with Gasteiger partial charge in [-0.25, -0.2) is 4.39 Å². The molecule has 124 valence electrons.